The van der Waals surface area contributed by atoms with E-state index in [4.69, 9.17) is 4.74 Å². The molecule has 0 bridgehead atoms. The number of nitrogens with zero attached hydrogens (tertiary/aromatic N) is 3. The van der Waals surface area contributed by atoms with Crippen LogP contribution >= 0.6 is 23.1 Å². The lowest BCUT2D eigenvalue weighted by Crippen LogP contribution is -2.34. The summed E-state index contributed by atoms with van der Waals surface area (Å²) in [4.78, 5) is 34.6. The molecule has 0 aliphatic heterocycles. The Morgan fingerprint density at radius 1 is 1.12 bits per heavy atom. The van der Waals surface area contributed by atoms with E-state index in [1.54, 1.807) is 41.4 Å². The minimum absolute atomic E-state index is 0.382. The minimum atomic E-state index is -0.547. The quantitative estimate of drug-likeness (QED) is 0.286. The summed E-state index contributed by atoms with van der Waals surface area (Å²) in [5, 5.41) is 4.93. The van der Waals surface area contributed by atoms with Crippen LogP contribution in [-0.4, -0.2) is 33.0 Å². The lowest BCUT2D eigenvalue weighted by atomic mass is 10.1. The van der Waals surface area contributed by atoms with Gasteiger partial charge >= 0.3 is 5.97 Å². The molecule has 0 aliphatic rings. The zero-order valence-corrected chi connectivity index (χ0v) is 19.5. The third kappa shape index (κ3) is 6.09. The molecule has 2 aromatic heterocycles. The van der Waals surface area contributed by atoms with Crippen LogP contribution in [0.15, 0.2) is 82.8 Å². The van der Waals surface area contributed by atoms with E-state index >= 15 is 0 Å². The van der Waals surface area contributed by atoms with Gasteiger partial charge in [0.25, 0.3) is 5.91 Å². The van der Waals surface area contributed by atoms with Crippen molar-refractivity contribution in [1.29, 1.82) is 0 Å². The van der Waals surface area contributed by atoms with Gasteiger partial charge in [-0.1, -0.05) is 30.3 Å². The number of hydrogen-bond donors (Lipinski definition) is 1. The average Bonchev–Trinajstić information content (AvgIpc) is 3.52. The summed E-state index contributed by atoms with van der Waals surface area (Å²) in [6.45, 7) is -0.382. The number of ether oxygens (including phenoxy) is 1. The molecule has 4 aromatic rings. The van der Waals surface area contributed by atoms with Crippen LogP contribution in [-0.2, 0) is 22.3 Å². The number of esters is 1. The van der Waals surface area contributed by atoms with Crippen molar-refractivity contribution in [1.82, 2.24) is 19.9 Å². The standard InChI is InChI=1S/C24H22N4O3S2/c1-28-12-11-25-23(28)22(17-5-3-2-4-6-17)27-21(29)13-31-24(30)18-7-9-20(10-8-18)33-15-19-14-32-16-26-19/h2-12,14,16,22H,13,15H2,1H3,(H,27,29). The van der Waals surface area contributed by atoms with Gasteiger partial charge in [-0.15, -0.1) is 23.1 Å². The zero-order chi connectivity index (χ0) is 23.0. The van der Waals surface area contributed by atoms with E-state index in [0.717, 1.165) is 21.9 Å². The van der Waals surface area contributed by atoms with Crippen LogP contribution in [0.25, 0.3) is 0 Å². The summed E-state index contributed by atoms with van der Waals surface area (Å²) < 4.78 is 7.08. The van der Waals surface area contributed by atoms with Crippen molar-refractivity contribution in [2.24, 2.45) is 7.05 Å². The fourth-order valence-corrected chi connectivity index (χ4v) is 4.63. The van der Waals surface area contributed by atoms with Gasteiger partial charge in [0, 0.05) is 35.5 Å². The van der Waals surface area contributed by atoms with Gasteiger partial charge in [0.15, 0.2) is 6.61 Å². The molecule has 0 aliphatic carbocycles. The summed E-state index contributed by atoms with van der Waals surface area (Å²) in [6, 6.07) is 16.2. The van der Waals surface area contributed by atoms with Crippen molar-refractivity contribution in [2.75, 3.05) is 6.61 Å². The first-order valence-corrected chi connectivity index (χ1v) is 12.1. The lowest BCUT2D eigenvalue weighted by Gasteiger charge is -2.19. The van der Waals surface area contributed by atoms with Crippen LogP contribution in [0.5, 0.6) is 0 Å². The summed E-state index contributed by atoms with van der Waals surface area (Å²) in [5.41, 5.74) is 4.12. The van der Waals surface area contributed by atoms with Crippen LogP contribution < -0.4 is 5.32 Å². The van der Waals surface area contributed by atoms with Crippen molar-refractivity contribution < 1.29 is 14.3 Å². The number of hydrogen-bond acceptors (Lipinski definition) is 7. The number of aromatic nitrogens is 3. The van der Waals surface area contributed by atoms with Crippen LogP contribution in [0.2, 0.25) is 0 Å². The number of benzene rings is 2. The summed E-state index contributed by atoms with van der Waals surface area (Å²) in [6.07, 6.45) is 3.49. The van der Waals surface area contributed by atoms with E-state index in [0.29, 0.717) is 11.4 Å². The number of carbonyl (C=O) groups excluding carboxylic acids is 2. The molecule has 0 fully saturated rings. The van der Waals surface area contributed by atoms with E-state index in [1.165, 1.54) is 0 Å². The predicted molar refractivity (Wildman–Crippen MR) is 128 cm³/mol. The lowest BCUT2D eigenvalue weighted by molar-refractivity contribution is -0.124. The fraction of sp³-hybridized carbons (Fsp3) is 0.167. The second kappa shape index (κ2) is 10.9. The van der Waals surface area contributed by atoms with Gasteiger partial charge in [-0.05, 0) is 29.8 Å². The molecular formula is C24H22N4O3S2. The monoisotopic (exact) mass is 478 g/mol. The number of aryl methyl sites for hydroxylation is 1. The number of nitrogens with one attached hydrogen (secondary N) is 1. The van der Waals surface area contributed by atoms with Crippen molar-refractivity contribution >= 4 is 35.0 Å². The number of rotatable bonds is 9. The highest BCUT2D eigenvalue weighted by Crippen LogP contribution is 2.23. The molecule has 0 saturated heterocycles. The first kappa shape index (κ1) is 22.8. The maximum atomic E-state index is 12.6. The Bertz CT molecular complexity index is 1190. The van der Waals surface area contributed by atoms with Gasteiger partial charge < -0.3 is 14.6 Å². The second-order valence-corrected chi connectivity index (χ2v) is 8.94. The van der Waals surface area contributed by atoms with Gasteiger partial charge in [-0.2, -0.15) is 0 Å². The maximum absolute atomic E-state index is 12.6. The SMILES string of the molecule is Cn1ccnc1C(NC(=O)COC(=O)c1ccc(SCc2cscn2)cc1)c1ccccc1. The number of thioether (sulfide) groups is 1. The third-order valence-electron chi connectivity index (χ3n) is 4.85. The van der Waals surface area contributed by atoms with Crippen LogP contribution in [0, 0.1) is 0 Å². The van der Waals surface area contributed by atoms with Crippen LogP contribution in [0.1, 0.15) is 33.5 Å². The minimum Gasteiger partial charge on any atom is -0.452 e. The van der Waals surface area contributed by atoms with Gasteiger partial charge in [-0.25, -0.2) is 14.8 Å². The molecule has 2 aromatic carbocycles. The number of carbonyl (C=O) groups is 2. The van der Waals surface area contributed by atoms with Crippen molar-refractivity contribution in [2.45, 2.75) is 16.7 Å². The molecule has 1 N–H and O–H groups in total. The van der Waals surface area contributed by atoms with E-state index < -0.39 is 17.9 Å². The normalized spacial score (nSPS) is 11.7. The molecule has 4 rings (SSSR count). The number of imidazole rings is 1. The highest BCUT2D eigenvalue weighted by molar-refractivity contribution is 7.98. The molecule has 9 heteroatoms. The van der Waals surface area contributed by atoms with E-state index in [1.807, 2.05) is 71.2 Å². The summed E-state index contributed by atoms with van der Waals surface area (Å²) >= 11 is 3.21. The Morgan fingerprint density at radius 2 is 1.91 bits per heavy atom. The van der Waals surface area contributed by atoms with Crippen LogP contribution in [0.4, 0.5) is 0 Å². The highest BCUT2D eigenvalue weighted by Gasteiger charge is 2.21. The first-order chi connectivity index (χ1) is 16.1. The third-order valence-corrected chi connectivity index (χ3v) is 6.53. The summed E-state index contributed by atoms with van der Waals surface area (Å²) in [7, 11) is 1.86. The fourth-order valence-electron chi connectivity index (χ4n) is 3.17. The molecule has 0 radical (unpaired) electrons. The molecule has 168 valence electrons. The number of thiazole rings is 1. The van der Waals surface area contributed by atoms with Crippen molar-refractivity contribution in [3.8, 4) is 0 Å². The smallest absolute Gasteiger partial charge is 0.338 e. The maximum Gasteiger partial charge on any atom is 0.338 e. The topological polar surface area (TPSA) is 86.1 Å². The molecule has 7 nitrogen and oxygen atoms in total. The molecule has 2 heterocycles. The summed E-state index contributed by atoms with van der Waals surface area (Å²) in [5.74, 6) is 0.503. The Labute approximate surface area is 199 Å². The number of amides is 1. The van der Waals surface area contributed by atoms with E-state index in [9.17, 15) is 9.59 Å². The molecule has 0 spiro atoms. The molecule has 1 atom stereocenters. The predicted octanol–water partition coefficient (Wildman–Crippen LogP) is 4.23. The largest absolute Gasteiger partial charge is 0.452 e. The zero-order valence-electron chi connectivity index (χ0n) is 17.9. The first-order valence-electron chi connectivity index (χ1n) is 10.2. The Morgan fingerprint density at radius 3 is 2.58 bits per heavy atom. The highest BCUT2D eigenvalue weighted by atomic mass is 32.2. The molecule has 1 unspecified atom stereocenters. The Hall–Kier alpha value is -3.43. The van der Waals surface area contributed by atoms with E-state index in [2.05, 4.69) is 15.3 Å². The van der Waals surface area contributed by atoms with Crippen LogP contribution in [0.3, 0.4) is 0 Å². The Balaban J connectivity index is 1.32. The second-order valence-electron chi connectivity index (χ2n) is 7.18. The molecule has 33 heavy (non-hydrogen) atoms. The molecular weight excluding hydrogens is 456 g/mol. The molecule has 1 amide bonds. The van der Waals surface area contributed by atoms with Crippen molar-refractivity contribution in [3.05, 3.63) is 101 Å². The van der Waals surface area contributed by atoms with Crippen molar-refractivity contribution in [3.63, 3.8) is 0 Å². The van der Waals surface area contributed by atoms with Gasteiger partial charge in [-0.3, -0.25) is 4.79 Å². The van der Waals surface area contributed by atoms with Gasteiger partial charge in [0.1, 0.15) is 11.9 Å². The average molecular weight is 479 g/mol. The van der Waals surface area contributed by atoms with Gasteiger partial charge in [0.2, 0.25) is 0 Å². The van der Waals surface area contributed by atoms with E-state index in [-0.39, 0.29) is 6.61 Å². The van der Waals surface area contributed by atoms with Gasteiger partial charge in [0.05, 0.1) is 16.8 Å². The Kier molecular flexibility index (Phi) is 7.54. The molecule has 0 saturated carbocycles.